The normalized spacial score (nSPS) is 9.95. The van der Waals surface area contributed by atoms with Gasteiger partial charge in [0.25, 0.3) is 5.91 Å². The Bertz CT molecular complexity index is 663. The average Bonchev–Trinajstić information content (AvgIpc) is 2.83. The van der Waals surface area contributed by atoms with E-state index in [4.69, 9.17) is 16.9 Å². The number of hydrogen-bond donors (Lipinski definition) is 1. The summed E-state index contributed by atoms with van der Waals surface area (Å²) in [6.07, 6.45) is 0. The van der Waals surface area contributed by atoms with E-state index in [1.54, 1.807) is 11.4 Å². The van der Waals surface area contributed by atoms with Crippen molar-refractivity contribution in [3.8, 4) is 6.07 Å². The van der Waals surface area contributed by atoms with Crippen LogP contribution in [0.1, 0.15) is 20.8 Å². The molecular weight excluding hydrogens is 287 g/mol. The van der Waals surface area contributed by atoms with Crippen molar-refractivity contribution in [3.63, 3.8) is 0 Å². The van der Waals surface area contributed by atoms with Crippen LogP contribution in [0.5, 0.6) is 0 Å². The highest BCUT2D eigenvalue weighted by atomic mass is 35.5. The van der Waals surface area contributed by atoms with Crippen LogP contribution in [-0.4, -0.2) is 5.91 Å². The standard InChI is InChI=1S/C13H8ClFN2OS/c14-10-3-4-19-12(10)13(18)17-7-9-2-1-8(6-16)5-11(9)15/h1-5H,7H2,(H,17,18). The summed E-state index contributed by atoms with van der Waals surface area (Å²) < 4.78 is 13.6. The van der Waals surface area contributed by atoms with Crippen molar-refractivity contribution in [2.75, 3.05) is 0 Å². The molecule has 0 aliphatic carbocycles. The van der Waals surface area contributed by atoms with Gasteiger partial charge in [-0.15, -0.1) is 11.3 Å². The summed E-state index contributed by atoms with van der Waals surface area (Å²) in [4.78, 5) is 12.2. The highest BCUT2D eigenvalue weighted by molar-refractivity contribution is 7.12. The van der Waals surface area contributed by atoms with Crippen LogP contribution in [-0.2, 0) is 6.54 Å². The fourth-order valence-corrected chi connectivity index (χ4v) is 2.53. The molecule has 1 aromatic heterocycles. The molecule has 6 heteroatoms. The summed E-state index contributed by atoms with van der Waals surface area (Å²) in [6, 6.07) is 7.59. The third-order valence-corrected chi connectivity index (χ3v) is 3.79. The summed E-state index contributed by atoms with van der Waals surface area (Å²) in [5.74, 6) is -0.861. The molecule has 2 rings (SSSR count). The molecule has 2 aromatic rings. The predicted molar refractivity (Wildman–Crippen MR) is 71.6 cm³/mol. The molecule has 0 saturated heterocycles. The quantitative estimate of drug-likeness (QED) is 0.944. The number of benzene rings is 1. The van der Waals surface area contributed by atoms with Crippen LogP contribution in [0.15, 0.2) is 29.6 Å². The van der Waals surface area contributed by atoms with Gasteiger partial charge in [0, 0.05) is 12.1 Å². The molecule has 0 saturated carbocycles. The van der Waals surface area contributed by atoms with E-state index < -0.39 is 5.82 Å². The molecule has 19 heavy (non-hydrogen) atoms. The van der Waals surface area contributed by atoms with Crippen LogP contribution >= 0.6 is 22.9 Å². The molecule has 0 radical (unpaired) electrons. The molecule has 1 amide bonds. The van der Waals surface area contributed by atoms with Gasteiger partial charge in [-0.25, -0.2) is 4.39 Å². The Balaban J connectivity index is 2.06. The van der Waals surface area contributed by atoms with Crippen molar-refractivity contribution in [2.24, 2.45) is 0 Å². The molecule has 0 aliphatic rings. The van der Waals surface area contributed by atoms with E-state index in [-0.39, 0.29) is 18.0 Å². The Kier molecular flexibility index (Phi) is 4.15. The lowest BCUT2D eigenvalue weighted by atomic mass is 10.1. The summed E-state index contributed by atoms with van der Waals surface area (Å²) in [5.41, 5.74) is 0.564. The van der Waals surface area contributed by atoms with Crippen LogP contribution in [0.25, 0.3) is 0 Å². The molecule has 96 valence electrons. The van der Waals surface area contributed by atoms with E-state index >= 15 is 0 Å². The van der Waals surface area contributed by atoms with Crippen LogP contribution < -0.4 is 5.32 Å². The molecular formula is C13H8ClFN2OS. The third-order valence-electron chi connectivity index (χ3n) is 2.44. The van der Waals surface area contributed by atoms with Gasteiger partial charge in [-0.3, -0.25) is 4.79 Å². The number of nitrogens with one attached hydrogen (secondary N) is 1. The van der Waals surface area contributed by atoms with E-state index in [9.17, 15) is 9.18 Å². The average molecular weight is 295 g/mol. The summed E-state index contributed by atoms with van der Waals surface area (Å²) in [6.45, 7) is 0.0462. The maximum absolute atomic E-state index is 13.6. The van der Waals surface area contributed by atoms with E-state index in [0.29, 0.717) is 15.5 Å². The van der Waals surface area contributed by atoms with Crippen LogP contribution in [0.3, 0.4) is 0 Å². The zero-order valence-electron chi connectivity index (χ0n) is 9.61. The first-order valence-corrected chi connectivity index (χ1v) is 6.57. The Morgan fingerprint density at radius 2 is 2.26 bits per heavy atom. The van der Waals surface area contributed by atoms with Gasteiger partial charge in [-0.2, -0.15) is 5.26 Å². The minimum absolute atomic E-state index is 0.0462. The van der Waals surface area contributed by atoms with Crippen LogP contribution in [0.2, 0.25) is 5.02 Å². The largest absolute Gasteiger partial charge is 0.347 e. The molecule has 0 atom stereocenters. The summed E-state index contributed by atoms with van der Waals surface area (Å²) in [7, 11) is 0. The molecule has 0 unspecified atom stereocenters. The topological polar surface area (TPSA) is 52.9 Å². The van der Waals surface area contributed by atoms with Crippen molar-refractivity contribution < 1.29 is 9.18 Å². The fraction of sp³-hybridized carbons (Fsp3) is 0.0769. The van der Waals surface area contributed by atoms with E-state index in [2.05, 4.69) is 5.32 Å². The lowest BCUT2D eigenvalue weighted by Gasteiger charge is -2.05. The molecule has 0 bridgehead atoms. The molecule has 1 heterocycles. The first-order chi connectivity index (χ1) is 9.11. The first kappa shape index (κ1) is 13.5. The molecule has 0 spiro atoms. The first-order valence-electron chi connectivity index (χ1n) is 5.31. The molecule has 1 N–H and O–H groups in total. The molecule has 3 nitrogen and oxygen atoms in total. The molecule has 0 aliphatic heterocycles. The molecule has 1 aromatic carbocycles. The minimum Gasteiger partial charge on any atom is -0.347 e. The Morgan fingerprint density at radius 3 is 2.84 bits per heavy atom. The Hall–Kier alpha value is -1.90. The lowest BCUT2D eigenvalue weighted by Crippen LogP contribution is -2.22. The van der Waals surface area contributed by atoms with Crippen LogP contribution in [0.4, 0.5) is 4.39 Å². The van der Waals surface area contributed by atoms with Crippen molar-refractivity contribution >= 4 is 28.8 Å². The van der Waals surface area contributed by atoms with Crippen molar-refractivity contribution in [1.29, 1.82) is 5.26 Å². The Morgan fingerprint density at radius 1 is 1.47 bits per heavy atom. The number of nitrogens with zero attached hydrogens (tertiary/aromatic N) is 1. The summed E-state index contributed by atoms with van der Waals surface area (Å²) in [5, 5.41) is 13.3. The van der Waals surface area contributed by atoms with Gasteiger partial charge in [0.05, 0.1) is 16.7 Å². The third kappa shape index (κ3) is 3.11. The fourth-order valence-electron chi connectivity index (χ4n) is 1.47. The van der Waals surface area contributed by atoms with Crippen LogP contribution in [0, 0.1) is 17.1 Å². The van der Waals surface area contributed by atoms with Gasteiger partial charge in [0.2, 0.25) is 0 Å². The number of hydrogen-bond acceptors (Lipinski definition) is 3. The number of carbonyl (C=O) groups is 1. The van der Waals surface area contributed by atoms with Gasteiger partial charge in [0.1, 0.15) is 10.7 Å². The highest BCUT2D eigenvalue weighted by Crippen LogP contribution is 2.21. The summed E-state index contributed by atoms with van der Waals surface area (Å²) >= 11 is 7.05. The van der Waals surface area contributed by atoms with Gasteiger partial charge in [-0.05, 0) is 23.6 Å². The monoisotopic (exact) mass is 294 g/mol. The number of nitriles is 1. The van der Waals surface area contributed by atoms with E-state index in [1.165, 1.54) is 23.5 Å². The maximum Gasteiger partial charge on any atom is 0.263 e. The number of carbonyl (C=O) groups excluding carboxylic acids is 1. The lowest BCUT2D eigenvalue weighted by molar-refractivity contribution is 0.0955. The zero-order valence-corrected chi connectivity index (χ0v) is 11.2. The number of thiophene rings is 1. The van der Waals surface area contributed by atoms with Gasteiger partial charge in [0.15, 0.2) is 0 Å². The van der Waals surface area contributed by atoms with E-state index in [1.807, 2.05) is 6.07 Å². The van der Waals surface area contributed by atoms with Crippen molar-refractivity contribution in [3.05, 3.63) is 56.5 Å². The Labute approximate surface area is 118 Å². The van der Waals surface area contributed by atoms with Crippen molar-refractivity contribution in [2.45, 2.75) is 6.54 Å². The predicted octanol–water partition coefficient (Wildman–Crippen LogP) is 3.34. The van der Waals surface area contributed by atoms with Gasteiger partial charge >= 0.3 is 0 Å². The van der Waals surface area contributed by atoms with Gasteiger partial charge < -0.3 is 5.32 Å². The number of rotatable bonds is 3. The SMILES string of the molecule is N#Cc1ccc(CNC(=O)c2sccc2Cl)c(F)c1. The van der Waals surface area contributed by atoms with Crippen molar-refractivity contribution in [1.82, 2.24) is 5.32 Å². The maximum atomic E-state index is 13.6. The number of halogens is 2. The highest BCUT2D eigenvalue weighted by Gasteiger charge is 2.12. The second-order valence-corrected chi connectivity index (χ2v) is 5.02. The molecule has 0 fully saturated rings. The minimum atomic E-state index is -0.517. The number of amides is 1. The zero-order chi connectivity index (χ0) is 13.8. The smallest absolute Gasteiger partial charge is 0.263 e. The van der Waals surface area contributed by atoms with Gasteiger partial charge in [-0.1, -0.05) is 17.7 Å². The van der Waals surface area contributed by atoms with E-state index in [0.717, 1.165) is 6.07 Å². The second kappa shape index (κ2) is 5.83. The second-order valence-electron chi connectivity index (χ2n) is 3.70.